The van der Waals surface area contributed by atoms with Gasteiger partial charge in [-0.2, -0.15) is 0 Å². The third kappa shape index (κ3) is 4.92. The predicted octanol–water partition coefficient (Wildman–Crippen LogP) is 17.2. The molecule has 0 aliphatic heterocycles. The molecule has 2 heterocycles. The van der Waals surface area contributed by atoms with Gasteiger partial charge in [0.05, 0.1) is 11.2 Å². The highest BCUT2D eigenvalue weighted by Gasteiger charge is 2.25. The number of hydrogen-bond donors (Lipinski definition) is 0. The van der Waals surface area contributed by atoms with E-state index in [0.29, 0.717) is 0 Å². The maximum atomic E-state index is 7.08. The first kappa shape index (κ1) is 34.4. The predicted molar refractivity (Wildman–Crippen MR) is 268 cm³/mol. The van der Waals surface area contributed by atoms with Crippen molar-refractivity contribution in [2.24, 2.45) is 0 Å². The van der Waals surface area contributed by atoms with Crippen LogP contribution in [0.3, 0.4) is 0 Å². The lowest BCUT2D eigenvalue weighted by Gasteiger charge is -2.21. The Bertz CT molecular complexity index is 4200. The van der Waals surface area contributed by atoms with Crippen molar-refractivity contribution in [2.75, 3.05) is 0 Å². The van der Waals surface area contributed by atoms with Crippen molar-refractivity contribution in [1.29, 1.82) is 0 Å². The minimum Gasteiger partial charge on any atom is -0.455 e. The number of benzene rings is 12. The van der Waals surface area contributed by atoms with Crippen molar-refractivity contribution >= 4 is 108 Å². The summed E-state index contributed by atoms with van der Waals surface area (Å²) in [7, 11) is 0. The van der Waals surface area contributed by atoms with Crippen molar-refractivity contribution in [3.63, 3.8) is 0 Å². The molecular weight excluding hydrogens is 763 g/mol. The summed E-state index contributed by atoms with van der Waals surface area (Å²) in [6.45, 7) is 0. The Hall–Kier alpha value is -8.33. The Kier molecular flexibility index (Phi) is 7.14. The maximum absolute atomic E-state index is 7.08. The number of rotatable bonds is 3. The number of nitrogens with zero attached hydrogens (tertiary/aromatic N) is 1. The van der Waals surface area contributed by atoms with E-state index >= 15 is 0 Å². The molecule has 0 saturated heterocycles. The minimum atomic E-state index is 0.900. The summed E-state index contributed by atoms with van der Waals surface area (Å²) < 4.78 is 7.08. The zero-order chi connectivity index (χ0) is 41.2. The molecule has 0 amide bonds. The number of furan rings is 1. The van der Waals surface area contributed by atoms with Gasteiger partial charge in [-0.3, -0.25) is 0 Å². The van der Waals surface area contributed by atoms with Gasteiger partial charge in [0.25, 0.3) is 0 Å². The van der Waals surface area contributed by atoms with Gasteiger partial charge in [0, 0.05) is 49.0 Å². The molecule has 12 aromatic carbocycles. The molecular formula is C61H35NO. The van der Waals surface area contributed by atoms with Gasteiger partial charge in [-0.1, -0.05) is 188 Å². The van der Waals surface area contributed by atoms with Gasteiger partial charge < -0.3 is 4.42 Å². The Morgan fingerprint density at radius 3 is 1.54 bits per heavy atom. The van der Waals surface area contributed by atoms with E-state index in [1.807, 2.05) is 0 Å². The molecule has 0 unspecified atom stereocenters. The molecule has 2 aromatic heterocycles. The number of fused-ring (bicyclic) bond motifs is 15. The van der Waals surface area contributed by atoms with Gasteiger partial charge in [-0.05, 0) is 94.6 Å². The van der Waals surface area contributed by atoms with Gasteiger partial charge in [0.1, 0.15) is 11.2 Å². The summed E-state index contributed by atoms with van der Waals surface area (Å²) in [5.41, 5.74) is 9.61. The van der Waals surface area contributed by atoms with E-state index in [1.165, 1.54) is 81.3 Å². The summed E-state index contributed by atoms with van der Waals surface area (Å²) in [6, 6.07) is 77.4. The van der Waals surface area contributed by atoms with Crippen LogP contribution in [0.1, 0.15) is 0 Å². The minimum absolute atomic E-state index is 0.900. The third-order valence-corrected chi connectivity index (χ3v) is 13.5. The zero-order valence-corrected chi connectivity index (χ0v) is 34.1. The van der Waals surface area contributed by atoms with Crippen LogP contribution in [0.5, 0.6) is 0 Å². The first-order valence-corrected chi connectivity index (χ1v) is 21.7. The topological polar surface area (TPSA) is 26.0 Å². The lowest BCUT2D eigenvalue weighted by atomic mass is 9.82. The molecule has 0 spiro atoms. The Morgan fingerprint density at radius 2 is 0.841 bits per heavy atom. The van der Waals surface area contributed by atoms with Crippen LogP contribution >= 0.6 is 0 Å². The van der Waals surface area contributed by atoms with Crippen LogP contribution in [0, 0.1) is 0 Å². The molecule has 2 nitrogen and oxygen atoms in total. The first-order valence-electron chi connectivity index (χ1n) is 21.7. The highest BCUT2D eigenvalue weighted by atomic mass is 16.3. The molecule has 0 aliphatic rings. The van der Waals surface area contributed by atoms with Gasteiger partial charge in [-0.15, -0.1) is 0 Å². The molecule has 0 N–H and O–H groups in total. The molecule has 0 saturated carbocycles. The average molecular weight is 798 g/mol. The van der Waals surface area contributed by atoms with E-state index in [1.54, 1.807) is 0 Å². The van der Waals surface area contributed by atoms with E-state index in [0.717, 1.165) is 60.4 Å². The summed E-state index contributed by atoms with van der Waals surface area (Å²) in [4.78, 5) is 5.60. The molecule has 2 heteroatoms. The average Bonchev–Trinajstić information content (AvgIpc) is 3.73. The first-order chi connectivity index (χ1) is 31.3. The van der Waals surface area contributed by atoms with Crippen molar-refractivity contribution in [1.82, 2.24) is 4.98 Å². The molecule has 0 radical (unpaired) electrons. The summed E-state index contributed by atoms with van der Waals surface area (Å²) in [5.74, 6) is 0. The second kappa shape index (κ2) is 13.1. The van der Waals surface area contributed by atoms with Crippen LogP contribution in [-0.4, -0.2) is 4.98 Å². The maximum Gasteiger partial charge on any atom is 0.143 e. The SMILES string of the molecule is c1ccc(-c2nc3c4ccccc4ccc3c3c2cc(-c2c4ccccc4c(-c4cc5ccccc5c5c4oc4cc6ccccc6cc45)c4ccccc24)c2ccccc23)cc1. The second-order valence-electron chi connectivity index (χ2n) is 16.9. The number of pyridine rings is 1. The van der Waals surface area contributed by atoms with E-state index in [9.17, 15) is 0 Å². The van der Waals surface area contributed by atoms with Crippen molar-refractivity contribution in [3.8, 4) is 33.5 Å². The van der Waals surface area contributed by atoms with Crippen LogP contribution in [0.25, 0.3) is 142 Å². The van der Waals surface area contributed by atoms with Gasteiger partial charge >= 0.3 is 0 Å². The standard InChI is InChI=1S/C61H35NO/c1-2-17-37(18-3-1)59-52-35-50(43-24-10-11-25-44(43)57(52)49-31-30-36-16-6-9-23-42(36)60(49)62-59)55-45-26-12-14-28-47(45)56(48-29-15-13-27-46(48)55)53-33-40-21-7-8-22-41(40)58-51-32-38-19-4-5-20-39(38)34-54(51)63-61(53)58/h1-35H. The molecule has 290 valence electrons. The fourth-order valence-electron chi connectivity index (χ4n) is 10.8. The largest absolute Gasteiger partial charge is 0.455 e. The lowest BCUT2D eigenvalue weighted by molar-refractivity contribution is 0.671. The molecule has 0 atom stereocenters. The molecule has 0 fully saturated rings. The van der Waals surface area contributed by atoms with Crippen LogP contribution < -0.4 is 0 Å². The molecule has 0 bridgehead atoms. The zero-order valence-electron chi connectivity index (χ0n) is 34.1. The van der Waals surface area contributed by atoms with Crippen LogP contribution in [0.15, 0.2) is 217 Å². The molecule has 0 aliphatic carbocycles. The van der Waals surface area contributed by atoms with Gasteiger partial charge in [0.2, 0.25) is 0 Å². The van der Waals surface area contributed by atoms with Crippen LogP contribution in [0.4, 0.5) is 0 Å². The summed E-state index contributed by atoms with van der Waals surface area (Å²) in [5, 5.41) is 20.1. The summed E-state index contributed by atoms with van der Waals surface area (Å²) in [6.07, 6.45) is 0. The van der Waals surface area contributed by atoms with E-state index in [2.05, 4.69) is 212 Å². The Balaban J connectivity index is 1.14. The van der Waals surface area contributed by atoms with Crippen molar-refractivity contribution in [3.05, 3.63) is 212 Å². The monoisotopic (exact) mass is 797 g/mol. The Morgan fingerprint density at radius 1 is 0.302 bits per heavy atom. The van der Waals surface area contributed by atoms with Crippen LogP contribution in [0.2, 0.25) is 0 Å². The molecule has 14 rings (SSSR count). The molecule has 14 aromatic rings. The van der Waals surface area contributed by atoms with Gasteiger partial charge in [-0.25, -0.2) is 4.98 Å². The quantitative estimate of drug-likeness (QED) is 0.131. The van der Waals surface area contributed by atoms with Crippen molar-refractivity contribution in [2.45, 2.75) is 0 Å². The lowest BCUT2D eigenvalue weighted by Crippen LogP contribution is -1.95. The number of aromatic nitrogens is 1. The van der Waals surface area contributed by atoms with E-state index in [4.69, 9.17) is 9.40 Å². The Labute approximate surface area is 361 Å². The fraction of sp³-hybridized carbons (Fsp3) is 0. The third-order valence-electron chi connectivity index (χ3n) is 13.5. The fourth-order valence-corrected chi connectivity index (χ4v) is 10.8. The second-order valence-corrected chi connectivity index (χ2v) is 16.9. The normalized spacial score (nSPS) is 12.1. The van der Waals surface area contributed by atoms with Crippen molar-refractivity contribution < 1.29 is 4.42 Å². The highest BCUT2D eigenvalue weighted by Crippen LogP contribution is 2.51. The van der Waals surface area contributed by atoms with Crippen LogP contribution in [-0.2, 0) is 0 Å². The van der Waals surface area contributed by atoms with Gasteiger partial charge in [0.15, 0.2) is 0 Å². The smallest absolute Gasteiger partial charge is 0.143 e. The highest BCUT2D eigenvalue weighted by molar-refractivity contribution is 6.33. The molecule has 63 heavy (non-hydrogen) atoms. The van der Waals surface area contributed by atoms with E-state index in [-0.39, 0.29) is 0 Å². The number of hydrogen-bond acceptors (Lipinski definition) is 2. The van der Waals surface area contributed by atoms with E-state index < -0.39 is 0 Å². The summed E-state index contributed by atoms with van der Waals surface area (Å²) >= 11 is 0.